The zero-order valence-electron chi connectivity index (χ0n) is 12.5. The van der Waals surface area contributed by atoms with Crippen molar-refractivity contribution in [1.29, 1.82) is 5.26 Å². The first-order valence-corrected chi connectivity index (χ1v) is 7.52. The Balaban J connectivity index is 1.59. The molecule has 6 nitrogen and oxygen atoms in total. The molecule has 1 fully saturated rings. The molecule has 1 saturated heterocycles. The standard InChI is InChI=1S/C16H21N3O3/c17-12-13-2-4-15(5-3-13)22-11-1-8-19-9-6-14(7-10-19)18-16(20)21/h2-5,14,18H,1,6-11H2,(H,20,21). The van der Waals surface area contributed by atoms with Gasteiger partial charge >= 0.3 is 6.09 Å². The van der Waals surface area contributed by atoms with Crippen LogP contribution in [0.2, 0.25) is 0 Å². The predicted molar refractivity (Wildman–Crippen MR) is 81.9 cm³/mol. The molecule has 0 aliphatic carbocycles. The first-order chi connectivity index (χ1) is 10.7. The Hall–Kier alpha value is -2.26. The average molecular weight is 303 g/mol. The van der Waals surface area contributed by atoms with E-state index in [9.17, 15) is 4.79 Å². The lowest BCUT2D eigenvalue weighted by molar-refractivity contribution is 0.163. The molecule has 118 valence electrons. The Bertz CT molecular complexity index is 516. The summed E-state index contributed by atoms with van der Waals surface area (Å²) in [4.78, 5) is 12.9. The summed E-state index contributed by atoms with van der Waals surface area (Å²) in [7, 11) is 0. The molecule has 2 N–H and O–H groups in total. The number of benzene rings is 1. The number of carboxylic acid groups (broad SMARTS) is 1. The second-order valence-electron chi connectivity index (χ2n) is 5.40. The number of ether oxygens (including phenoxy) is 1. The summed E-state index contributed by atoms with van der Waals surface area (Å²) >= 11 is 0. The molecule has 1 aliphatic rings. The summed E-state index contributed by atoms with van der Waals surface area (Å²) < 4.78 is 5.64. The van der Waals surface area contributed by atoms with Crippen molar-refractivity contribution in [3.8, 4) is 11.8 Å². The molecular formula is C16H21N3O3. The van der Waals surface area contributed by atoms with Crippen LogP contribution in [-0.2, 0) is 0 Å². The quantitative estimate of drug-likeness (QED) is 0.786. The minimum atomic E-state index is -0.936. The third kappa shape index (κ3) is 5.26. The normalized spacial score (nSPS) is 16.0. The highest BCUT2D eigenvalue weighted by Crippen LogP contribution is 2.13. The second kappa shape index (κ2) is 8.25. The van der Waals surface area contributed by atoms with Crippen molar-refractivity contribution < 1.29 is 14.6 Å². The van der Waals surface area contributed by atoms with Gasteiger partial charge in [0.25, 0.3) is 0 Å². The number of hydrogen-bond acceptors (Lipinski definition) is 4. The van der Waals surface area contributed by atoms with Crippen molar-refractivity contribution in [3.63, 3.8) is 0 Å². The fourth-order valence-corrected chi connectivity index (χ4v) is 2.58. The van der Waals surface area contributed by atoms with Crippen LogP contribution >= 0.6 is 0 Å². The maximum Gasteiger partial charge on any atom is 0.404 e. The molecule has 1 heterocycles. The first-order valence-electron chi connectivity index (χ1n) is 7.52. The van der Waals surface area contributed by atoms with E-state index in [1.807, 2.05) is 12.1 Å². The van der Waals surface area contributed by atoms with Gasteiger partial charge in [-0.05, 0) is 43.5 Å². The summed E-state index contributed by atoms with van der Waals surface area (Å²) in [6.45, 7) is 3.43. The number of nitriles is 1. The second-order valence-corrected chi connectivity index (χ2v) is 5.40. The molecule has 0 bridgehead atoms. The molecule has 2 rings (SSSR count). The van der Waals surface area contributed by atoms with Gasteiger partial charge in [0, 0.05) is 25.7 Å². The van der Waals surface area contributed by atoms with E-state index in [2.05, 4.69) is 16.3 Å². The van der Waals surface area contributed by atoms with Gasteiger partial charge in [-0.2, -0.15) is 5.26 Å². The van der Waals surface area contributed by atoms with Gasteiger partial charge in [0.1, 0.15) is 5.75 Å². The lowest BCUT2D eigenvalue weighted by atomic mass is 10.1. The van der Waals surface area contributed by atoms with E-state index in [1.165, 1.54) is 0 Å². The molecule has 0 spiro atoms. The van der Waals surface area contributed by atoms with Crippen LogP contribution in [-0.4, -0.2) is 48.4 Å². The molecule has 1 aliphatic heterocycles. The van der Waals surface area contributed by atoms with E-state index in [4.69, 9.17) is 15.1 Å². The maximum atomic E-state index is 10.6. The Kier molecular flexibility index (Phi) is 6.04. The Morgan fingerprint density at radius 2 is 2.05 bits per heavy atom. The summed E-state index contributed by atoms with van der Waals surface area (Å²) in [6, 6.07) is 9.27. The molecule has 0 radical (unpaired) electrons. The van der Waals surface area contributed by atoms with E-state index >= 15 is 0 Å². The summed E-state index contributed by atoms with van der Waals surface area (Å²) in [6.07, 6.45) is 1.72. The van der Waals surface area contributed by atoms with E-state index in [0.717, 1.165) is 44.6 Å². The van der Waals surface area contributed by atoms with Crippen molar-refractivity contribution in [2.75, 3.05) is 26.2 Å². The minimum Gasteiger partial charge on any atom is -0.494 e. The van der Waals surface area contributed by atoms with Crippen LogP contribution in [0.15, 0.2) is 24.3 Å². The summed E-state index contributed by atoms with van der Waals surface area (Å²) in [5.74, 6) is 0.781. The molecular weight excluding hydrogens is 282 g/mol. The van der Waals surface area contributed by atoms with Crippen LogP contribution < -0.4 is 10.1 Å². The van der Waals surface area contributed by atoms with Crippen LogP contribution in [0.25, 0.3) is 0 Å². The summed E-state index contributed by atoms with van der Waals surface area (Å²) in [5.41, 5.74) is 0.630. The highest BCUT2D eigenvalue weighted by molar-refractivity contribution is 5.64. The maximum absolute atomic E-state index is 10.6. The fraction of sp³-hybridized carbons (Fsp3) is 0.500. The van der Waals surface area contributed by atoms with Crippen molar-refractivity contribution in [3.05, 3.63) is 29.8 Å². The van der Waals surface area contributed by atoms with Crippen molar-refractivity contribution >= 4 is 6.09 Å². The van der Waals surface area contributed by atoms with Crippen LogP contribution in [0, 0.1) is 11.3 Å². The molecule has 0 aromatic heterocycles. The monoisotopic (exact) mass is 303 g/mol. The van der Waals surface area contributed by atoms with Crippen molar-refractivity contribution in [1.82, 2.24) is 10.2 Å². The number of hydrogen-bond donors (Lipinski definition) is 2. The number of nitrogens with zero attached hydrogens (tertiary/aromatic N) is 2. The lowest BCUT2D eigenvalue weighted by Gasteiger charge is -2.31. The van der Waals surface area contributed by atoms with Gasteiger partial charge in [-0.3, -0.25) is 0 Å². The van der Waals surface area contributed by atoms with Crippen molar-refractivity contribution in [2.45, 2.75) is 25.3 Å². The zero-order valence-corrected chi connectivity index (χ0v) is 12.5. The van der Waals surface area contributed by atoms with Gasteiger partial charge in [-0.25, -0.2) is 4.79 Å². The number of carbonyl (C=O) groups is 1. The molecule has 0 saturated carbocycles. The number of likely N-dealkylation sites (tertiary alicyclic amines) is 1. The fourth-order valence-electron chi connectivity index (χ4n) is 2.58. The lowest BCUT2D eigenvalue weighted by Crippen LogP contribution is -2.44. The zero-order chi connectivity index (χ0) is 15.8. The smallest absolute Gasteiger partial charge is 0.404 e. The largest absolute Gasteiger partial charge is 0.494 e. The average Bonchev–Trinajstić information content (AvgIpc) is 2.53. The predicted octanol–water partition coefficient (Wildman–Crippen LogP) is 2.06. The Labute approximate surface area is 130 Å². The molecule has 1 aromatic carbocycles. The van der Waals surface area contributed by atoms with Crippen LogP contribution in [0.1, 0.15) is 24.8 Å². The van der Waals surface area contributed by atoms with Gasteiger partial charge in [0.2, 0.25) is 0 Å². The van der Waals surface area contributed by atoms with Crippen LogP contribution in [0.4, 0.5) is 4.79 Å². The number of nitrogens with one attached hydrogen (secondary N) is 1. The Morgan fingerprint density at radius 1 is 1.36 bits per heavy atom. The van der Waals surface area contributed by atoms with E-state index in [1.54, 1.807) is 12.1 Å². The molecule has 1 aromatic rings. The SMILES string of the molecule is N#Cc1ccc(OCCCN2CCC(NC(=O)O)CC2)cc1. The highest BCUT2D eigenvalue weighted by atomic mass is 16.5. The van der Waals surface area contributed by atoms with Crippen LogP contribution in [0.3, 0.4) is 0 Å². The van der Waals surface area contributed by atoms with E-state index in [-0.39, 0.29) is 6.04 Å². The number of amides is 1. The first kappa shape index (κ1) is 16.1. The van der Waals surface area contributed by atoms with Gasteiger partial charge < -0.3 is 20.1 Å². The van der Waals surface area contributed by atoms with Crippen LogP contribution in [0.5, 0.6) is 5.75 Å². The minimum absolute atomic E-state index is 0.0867. The number of piperidine rings is 1. The highest BCUT2D eigenvalue weighted by Gasteiger charge is 2.19. The van der Waals surface area contributed by atoms with Gasteiger partial charge in [-0.15, -0.1) is 0 Å². The molecule has 22 heavy (non-hydrogen) atoms. The number of rotatable bonds is 6. The Morgan fingerprint density at radius 3 is 2.64 bits per heavy atom. The third-order valence-electron chi connectivity index (χ3n) is 3.79. The topological polar surface area (TPSA) is 85.6 Å². The molecule has 6 heteroatoms. The van der Waals surface area contributed by atoms with Gasteiger partial charge in [0.05, 0.1) is 18.2 Å². The van der Waals surface area contributed by atoms with E-state index in [0.29, 0.717) is 12.2 Å². The molecule has 0 unspecified atom stereocenters. The van der Waals surface area contributed by atoms with Gasteiger partial charge in [0.15, 0.2) is 0 Å². The summed E-state index contributed by atoms with van der Waals surface area (Å²) in [5, 5.41) is 20.0. The molecule has 1 amide bonds. The third-order valence-corrected chi connectivity index (χ3v) is 3.79. The molecule has 0 atom stereocenters. The van der Waals surface area contributed by atoms with E-state index < -0.39 is 6.09 Å². The van der Waals surface area contributed by atoms with Gasteiger partial charge in [-0.1, -0.05) is 0 Å². The van der Waals surface area contributed by atoms with Crippen molar-refractivity contribution in [2.24, 2.45) is 0 Å².